The molecule has 86 heavy (non-hydrogen) atoms. The summed E-state index contributed by atoms with van der Waals surface area (Å²) in [5, 5.41) is 56.7. The smallest absolute Gasteiger partial charge is 0.494 e. The Labute approximate surface area is 520 Å². The molecule has 0 saturated carbocycles. The average molecular weight is 1310 g/mol. The molecule has 1 aliphatic heterocycles. The van der Waals surface area contributed by atoms with Crippen LogP contribution in [0.25, 0.3) is 43.8 Å². The molecular weight excluding hydrogens is 1250 g/mol. The van der Waals surface area contributed by atoms with Gasteiger partial charge < -0.3 is 55.9 Å². The van der Waals surface area contributed by atoms with Gasteiger partial charge in [-0.3, -0.25) is 4.70 Å². The Bertz CT molecular complexity index is 4050. The van der Waals surface area contributed by atoms with Gasteiger partial charge in [-0.15, -0.1) is 0 Å². The van der Waals surface area contributed by atoms with Gasteiger partial charge in [0.25, 0.3) is 0 Å². The van der Waals surface area contributed by atoms with Crippen LogP contribution in [0.2, 0.25) is 5.15 Å². The number of rotatable bonds is 7. The summed E-state index contributed by atoms with van der Waals surface area (Å²) in [6.07, 6.45) is 4.47. The van der Waals surface area contributed by atoms with Gasteiger partial charge in [0.1, 0.15) is 58.8 Å². The predicted molar refractivity (Wildman–Crippen MR) is 352 cm³/mol. The first-order valence-electron chi connectivity index (χ1n) is 25.5. The molecule has 0 amide bonds. The van der Waals surface area contributed by atoms with Crippen LogP contribution in [0, 0.1) is 6.92 Å². The molecule has 17 nitrogen and oxygen atoms in total. The van der Waals surface area contributed by atoms with E-state index in [1.807, 2.05) is 120 Å². The van der Waals surface area contributed by atoms with Crippen LogP contribution in [0.15, 0.2) is 192 Å². The largest absolute Gasteiger partial charge is 0.508 e. The van der Waals surface area contributed by atoms with Crippen molar-refractivity contribution in [1.29, 1.82) is 0 Å². The molecule has 1 aliphatic rings. The van der Waals surface area contributed by atoms with Gasteiger partial charge in [-0.2, -0.15) is 0 Å². The maximum absolute atomic E-state index is 9.81. The van der Waals surface area contributed by atoms with E-state index in [0.29, 0.717) is 34.0 Å². The average Bonchev–Trinajstić information content (AvgIpc) is 1.90. The number of phenolic OH excluding ortho intramolecular Hbond substituents is 5. The zero-order chi connectivity index (χ0) is 59.4. The Hall–Kier alpha value is -8.86. The minimum atomic E-state index is -0.362. The fraction of sp³-hybridized carbons (Fsp3) is 0.156. The first-order chi connectivity index (χ1) is 39.6. The van der Waals surface area contributed by atoms with Gasteiger partial charge in [-0.05, 0) is 160 Å². The third-order valence-electron chi connectivity index (χ3n) is 13.1. The molecule has 12 rings (SSSR count). The van der Waals surface area contributed by atoms with Crippen LogP contribution in [0.4, 0.5) is 33.4 Å². The second-order valence-electron chi connectivity index (χ2n) is 19.6. The number of benzene rings is 8. The number of aryl methyl sites for hydroxylation is 1. The van der Waals surface area contributed by atoms with Gasteiger partial charge in [0.05, 0.1) is 34.9 Å². The van der Waals surface area contributed by atoms with Gasteiger partial charge >= 0.3 is 7.12 Å². The van der Waals surface area contributed by atoms with Gasteiger partial charge in [-0.25, -0.2) is 29.9 Å². The highest BCUT2D eigenvalue weighted by Crippen LogP contribution is 2.38. The summed E-state index contributed by atoms with van der Waals surface area (Å²) in [5.41, 5.74) is 12.9. The van der Waals surface area contributed by atoms with Crippen molar-refractivity contribution in [1.82, 2.24) is 29.9 Å². The van der Waals surface area contributed by atoms with Crippen molar-refractivity contribution in [2.75, 3.05) is 23.5 Å². The van der Waals surface area contributed by atoms with E-state index in [1.165, 1.54) is 32.2 Å². The van der Waals surface area contributed by atoms with Crippen molar-refractivity contribution >= 4 is 117 Å². The number of anilines is 5. The number of fused-ring (bicyclic) bond motifs is 3. The SMILES string of the molecule is C.C.COc1cc(-c2ccc3ncnc(Nc4cccc(O)c4)c3c2)ccc1O.Cc1cc(B2OC(C)(C)C(C)(C)O2)ccc1O.Clc1ncnc2ccc(Br)cc12.F.Nc1cccc(O)c1.Oc1cccc(Nc2ncnc3ccc(Br)cc23)c1. The summed E-state index contributed by atoms with van der Waals surface area (Å²) >= 11 is 12.6. The van der Waals surface area contributed by atoms with Crippen LogP contribution in [0.5, 0.6) is 34.5 Å². The zero-order valence-corrected chi connectivity index (χ0v) is 50.1. The Kier molecular flexibility index (Phi) is 23.9. The van der Waals surface area contributed by atoms with E-state index in [1.54, 1.807) is 72.8 Å². The first-order valence-corrected chi connectivity index (χ1v) is 27.5. The van der Waals surface area contributed by atoms with E-state index in [0.717, 1.165) is 75.2 Å². The van der Waals surface area contributed by atoms with Crippen LogP contribution >= 0.6 is 43.5 Å². The van der Waals surface area contributed by atoms with Crippen LogP contribution < -0.4 is 26.6 Å². The highest BCUT2D eigenvalue weighted by Gasteiger charge is 2.51. The van der Waals surface area contributed by atoms with Crippen molar-refractivity contribution in [2.45, 2.75) is 60.7 Å². The molecule has 11 aromatic rings. The van der Waals surface area contributed by atoms with Crippen molar-refractivity contribution in [3.63, 3.8) is 0 Å². The molecule has 1 fully saturated rings. The third-order valence-corrected chi connectivity index (χ3v) is 14.4. The number of phenols is 5. The summed E-state index contributed by atoms with van der Waals surface area (Å²) in [5.74, 6) is 2.75. The standard InChI is InChI=1S/C21H17N3O3.C14H10BrN3O.C13H19BO3.C8H4BrClN2.C6H7NO.2CH4.FH/c1-27-20-10-14(6-8-19(20)26)13-5-7-18-17(9-13)21(23-12-22-18)24-15-3-2-4-16(25)11-15;15-9-4-5-13-12(6-9)14(17-8-16-13)18-10-2-1-3-11(19)7-10;1-9-8-10(6-7-11(9)15)14-16-12(2,3)13(4,5)17-14;9-5-1-2-7-6(3-5)8(10)12-4-11-7;7-5-2-1-3-6(8)4-5;;;/h2-12,25-26H,1H3,(H,22,23,24);1-8,19H,(H,16,17,18);6-8,15H,1-5H3;1-4H;1-4,8H,7H2;2*1H4;1H. The molecule has 0 radical (unpaired) electrons. The fourth-order valence-electron chi connectivity index (χ4n) is 8.09. The Morgan fingerprint density at radius 2 is 0.977 bits per heavy atom. The maximum Gasteiger partial charge on any atom is 0.494 e. The molecule has 446 valence electrons. The van der Waals surface area contributed by atoms with Gasteiger partial charge in [-0.1, -0.05) is 101 Å². The Morgan fingerprint density at radius 3 is 1.48 bits per heavy atom. The monoisotopic (exact) mass is 1310 g/mol. The summed E-state index contributed by atoms with van der Waals surface area (Å²) < 4.78 is 19.0. The molecule has 0 spiro atoms. The lowest BCUT2D eigenvalue weighted by atomic mass is 9.78. The second kappa shape index (κ2) is 30.3. The number of nitrogen functional groups attached to an aromatic ring is 1. The van der Waals surface area contributed by atoms with E-state index >= 15 is 0 Å². The summed E-state index contributed by atoms with van der Waals surface area (Å²) in [4.78, 5) is 25.1. The van der Waals surface area contributed by atoms with Crippen molar-refractivity contribution in [2.24, 2.45) is 0 Å². The van der Waals surface area contributed by atoms with E-state index in [9.17, 15) is 20.4 Å². The lowest BCUT2D eigenvalue weighted by Crippen LogP contribution is -2.41. The maximum atomic E-state index is 9.81. The number of nitrogens with two attached hydrogens (primary N) is 1. The number of ether oxygens (including phenoxy) is 1. The van der Waals surface area contributed by atoms with Gasteiger partial charge in [0.2, 0.25) is 0 Å². The number of halogens is 4. The van der Waals surface area contributed by atoms with Crippen LogP contribution in [0.1, 0.15) is 48.1 Å². The zero-order valence-electron chi connectivity index (χ0n) is 46.2. The Morgan fingerprint density at radius 1 is 0.523 bits per heavy atom. The molecule has 0 aliphatic carbocycles. The van der Waals surface area contributed by atoms with Crippen LogP contribution in [-0.2, 0) is 9.31 Å². The summed E-state index contributed by atoms with van der Waals surface area (Å²) in [6.45, 7) is 9.98. The second-order valence-corrected chi connectivity index (χ2v) is 21.8. The van der Waals surface area contributed by atoms with E-state index in [4.69, 9.17) is 36.5 Å². The summed E-state index contributed by atoms with van der Waals surface area (Å²) in [7, 11) is 1.16. The number of nitrogens with one attached hydrogen (secondary N) is 2. The Balaban J connectivity index is 0.000000204. The first kappa shape index (κ1) is 67.9. The van der Waals surface area contributed by atoms with Crippen molar-refractivity contribution < 1.29 is 44.3 Å². The number of hydrogen-bond donors (Lipinski definition) is 8. The lowest BCUT2D eigenvalue weighted by molar-refractivity contribution is 0.00578. The number of nitrogens with zero attached hydrogens (tertiary/aromatic N) is 6. The lowest BCUT2D eigenvalue weighted by Gasteiger charge is -2.32. The highest BCUT2D eigenvalue weighted by molar-refractivity contribution is 9.10. The number of methoxy groups -OCH3 is 1. The minimum absolute atomic E-state index is 0. The minimum Gasteiger partial charge on any atom is -0.508 e. The van der Waals surface area contributed by atoms with Crippen LogP contribution in [-0.4, -0.2) is 80.9 Å². The van der Waals surface area contributed by atoms with E-state index in [2.05, 4.69) is 72.4 Å². The topological polar surface area (TPSA) is 256 Å². The molecule has 0 atom stereocenters. The molecule has 9 N–H and O–H groups in total. The number of aromatic hydroxyl groups is 5. The van der Waals surface area contributed by atoms with Crippen LogP contribution in [0.3, 0.4) is 0 Å². The number of aromatic nitrogens is 6. The molecule has 3 aromatic heterocycles. The molecular formula is C64H66BBr2ClFN9O8. The normalized spacial score (nSPS) is 12.3. The molecule has 8 aromatic carbocycles. The van der Waals surface area contributed by atoms with E-state index in [-0.39, 0.29) is 60.9 Å². The molecule has 4 heterocycles. The van der Waals surface area contributed by atoms with Gasteiger partial charge in [0.15, 0.2) is 11.5 Å². The number of hydrogen-bond acceptors (Lipinski definition) is 17. The highest BCUT2D eigenvalue weighted by atomic mass is 79.9. The summed E-state index contributed by atoms with van der Waals surface area (Å²) in [6, 6.07) is 48.3. The van der Waals surface area contributed by atoms with Crippen molar-refractivity contribution in [3.05, 3.63) is 202 Å². The predicted octanol–water partition coefficient (Wildman–Crippen LogP) is 15.7. The third kappa shape index (κ3) is 17.6. The molecule has 0 unspecified atom stereocenters. The molecule has 1 saturated heterocycles. The van der Waals surface area contributed by atoms with E-state index < -0.39 is 0 Å². The fourth-order valence-corrected chi connectivity index (χ4v) is 9.01. The molecule has 22 heteroatoms. The quantitative estimate of drug-likeness (QED) is 0.0419. The van der Waals surface area contributed by atoms with Crippen molar-refractivity contribution in [3.8, 4) is 45.6 Å². The van der Waals surface area contributed by atoms with Gasteiger partial charge in [0, 0.05) is 60.4 Å². The molecule has 0 bridgehead atoms.